The Morgan fingerprint density at radius 3 is 1.88 bits per heavy atom. The minimum atomic E-state index is -0.573. The van der Waals surface area contributed by atoms with E-state index in [1.807, 2.05) is 48.5 Å². The maximum absolute atomic E-state index is 13.5. The number of anilines is 3. The zero-order valence-electron chi connectivity index (χ0n) is 22.3. The van der Waals surface area contributed by atoms with Crippen LogP contribution in [0, 0.1) is 0 Å². The number of benzene rings is 4. The van der Waals surface area contributed by atoms with E-state index in [-0.39, 0.29) is 23.3 Å². The largest absolute Gasteiger partial charge is 0.496 e. The van der Waals surface area contributed by atoms with Crippen LogP contribution in [0.5, 0.6) is 11.5 Å². The first-order valence-electron chi connectivity index (χ1n) is 12.4. The summed E-state index contributed by atoms with van der Waals surface area (Å²) in [4.78, 5) is 38.7. The topological polar surface area (TPSA) is 106 Å². The fourth-order valence-corrected chi connectivity index (χ4v) is 5.08. The first-order valence-corrected chi connectivity index (χ1v) is 13.3. The number of hydrogen-bond donors (Lipinski definition) is 3. The smallest absolute Gasteiger partial charge is 0.263 e. The molecule has 9 heteroatoms. The molecular formula is C31H29N3O5S. The molecule has 0 spiro atoms. The Morgan fingerprint density at radius 1 is 0.675 bits per heavy atom. The minimum Gasteiger partial charge on any atom is -0.496 e. The number of amides is 3. The van der Waals surface area contributed by atoms with E-state index in [2.05, 4.69) is 16.0 Å². The van der Waals surface area contributed by atoms with Gasteiger partial charge in [-0.2, -0.15) is 0 Å². The van der Waals surface area contributed by atoms with E-state index in [4.69, 9.17) is 9.47 Å². The molecule has 4 aromatic rings. The second-order valence-corrected chi connectivity index (χ2v) is 9.85. The number of rotatable bonds is 10. The number of carbonyl (C=O) groups is 3. The molecule has 0 saturated heterocycles. The number of hydrogen-bond acceptors (Lipinski definition) is 6. The van der Waals surface area contributed by atoms with Crippen molar-refractivity contribution in [1.82, 2.24) is 0 Å². The third-order valence-corrected chi connectivity index (χ3v) is 7.06. The van der Waals surface area contributed by atoms with Gasteiger partial charge in [-0.25, -0.2) is 0 Å². The molecular weight excluding hydrogens is 526 g/mol. The van der Waals surface area contributed by atoms with Crippen molar-refractivity contribution in [3.8, 4) is 11.5 Å². The van der Waals surface area contributed by atoms with Gasteiger partial charge in [-0.05, 0) is 60.2 Å². The summed E-state index contributed by atoms with van der Waals surface area (Å²) in [5, 5.41) is 8.01. The SMILES string of the molecule is COc1cccc(OC)c1C(=O)Nc1cccc(SC(C(=O)Nc2ccc(NC(C)=O)cc2)c2ccccc2)c1. The van der Waals surface area contributed by atoms with Crippen molar-refractivity contribution < 1.29 is 23.9 Å². The molecule has 3 N–H and O–H groups in total. The van der Waals surface area contributed by atoms with Crippen molar-refractivity contribution in [1.29, 1.82) is 0 Å². The Morgan fingerprint density at radius 2 is 1.27 bits per heavy atom. The van der Waals surface area contributed by atoms with E-state index < -0.39 is 5.25 Å². The molecule has 0 fully saturated rings. The Kier molecular flexibility index (Phi) is 9.43. The molecule has 3 amide bonds. The lowest BCUT2D eigenvalue weighted by atomic mass is 10.1. The van der Waals surface area contributed by atoms with Gasteiger partial charge in [0.25, 0.3) is 5.91 Å². The van der Waals surface area contributed by atoms with Crippen LogP contribution in [0.3, 0.4) is 0 Å². The Bertz CT molecular complexity index is 1470. The molecule has 0 aliphatic heterocycles. The highest BCUT2D eigenvalue weighted by Gasteiger charge is 2.23. The van der Waals surface area contributed by atoms with E-state index >= 15 is 0 Å². The maximum Gasteiger partial charge on any atom is 0.263 e. The molecule has 0 heterocycles. The standard InChI is InChI=1S/C31H29N3O5S/c1-20(35)32-22-15-17-23(18-16-22)33-31(37)29(21-9-5-4-6-10-21)40-25-12-7-11-24(19-25)34-30(36)28-26(38-2)13-8-14-27(28)39-3/h4-19,29H,1-3H3,(H,32,35)(H,33,37)(H,34,36). The minimum absolute atomic E-state index is 0.169. The first kappa shape index (κ1) is 28.3. The normalized spacial score (nSPS) is 11.2. The highest BCUT2D eigenvalue weighted by atomic mass is 32.2. The lowest BCUT2D eigenvalue weighted by molar-refractivity contribution is -0.116. The van der Waals surface area contributed by atoms with Crippen LogP contribution >= 0.6 is 11.8 Å². The average Bonchev–Trinajstić information content (AvgIpc) is 2.96. The lowest BCUT2D eigenvalue weighted by Crippen LogP contribution is -2.19. The van der Waals surface area contributed by atoms with Gasteiger partial charge in [-0.15, -0.1) is 11.8 Å². The van der Waals surface area contributed by atoms with Gasteiger partial charge < -0.3 is 25.4 Å². The Balaban J connectivity index is 1.54. The molecule has 4 aromatic carbocycles. The molecule has 40 heavy (non-hydrogen) atoms. The lowest BCUT2D eigenvalue weighted by Gasteiger charge is -2.18. The van der Waals surface area contributed by atoms with Crippen LogP contribution in [0.15, 0.2) is 102 Å². The highest BCUT2D eigenvalue weighted by molar-refractivity contribution is 8.00. The van der Waals surface area contributed by atoms with Gasteiger partial charge in [0.05, 0.1) is 14.2 Å². The number of ether oxygens (including phenoxy) is 2. The summed E-state index contributed by atoms with van der Waals surface area (Å²) < 4.78 is 10.7. The molecule has 0 bridgehead atoms. The van der Waals surface area contributed by atoms with Crippen LogP contribution in [-0.4, -0.2) is 31.9 Å². The number of methoxy groups -OCH3 is 2. The monoisotopic (exact) mass is 555 g/mol. The maximum atomic E-state index is 13.5. The third kappa shape index (κ3) is 7.21. The molecule has 1 atom stereocenters. The zero-order valence-corrected chi connectivity index (χ0v) is 23.1. The number of carbonyl (C=O) groups excluding carboxylic acids is 3. The van der Waals surface area contributed by atoms with E-state index in [1.165, 1.54) is 32.9 Å². The molecule has 0 radical (unpaired) electrons. The summed E-state index contributed by atoms with van der Waals surface area (Å²) in [7, 11) is 2.99. The molecule has 0 aliphatic rings. The quantitative estimate of drug-likeness (QED) is 0.196. The van der Waals surface area contributed by atoms with Gasteiger partial charge in [0.2, 0.25) is 11.8 Å². The summed E-state index contributed by atoms with van der Waals surface area (Å²) in [6.07, 6.45) is 0. The second-order valence-electron chi connectivity index (χ2n) is 8.68. The van der Waals surface area contributed by atoms with Crippen molar-refractivity contribution in [2.24, 2.45) is 0 Å². The Hall–Kier alpha value is -4.76. The van der Waals surface area contributed by atoms with Crippen LogP contribution in [0.25, 0.3) is 0 Å². The van der Waals surface area contributed by atoms with Crippen molar-refractivity contribution >= 4 is 46.5 Å². The van der Waals surface area contributed by atoms with Gasteiger partial charge in [-0.3, -0.25) is 14.4 Å². The molecule has 204 valence electrons. The molecule has 0 aromatic heterocycles. The van der Waals surface area contributed by atoms with Crippen LogP contribution in [0.1, 0.15) is 28.1 Å². The van der Waals surface area contributed by atoms with E-state index in [0.29, 0.717) is 28.6 Å². The van der Waals surface area contributed by atoms with Gasteiger partial charge in [0.1, 0.15) is 22.3 Å². The number of thioether (sulfide) groups is 1. The fourth-order valence-electron chi connectivity index (χ4n) is 4.00. The number of nitrogens with one attached hydrogen (secondary N) is 3. The van der Waals surface area contributed by atoms with E-state index in [0.717, 1.165) is 10.5 Å². The third-order valence-electron chi connectivity index (χ3n) is 5.81. The predicted molar refractivity (Wildman–Crippen MR) is 158 cm³/mol. The van der Waals surface area contributed by atoms with E-state index in [9.17, 15) is 14.4 Å². The van der Waals surface area contributed by atoms with Crippen molar-refractivity contribution in [2.45, 2.75) is 17.1 Å². The molecule has 0 saturated carbocycles. The van der Waals surface area contributed by atoms with Gasteiger partial charge >= 0.3 is 0 Å². The summed E-state index contributed by atoms with van der Waals surface area (Å²) in [6.45, 7) is 1.44. The van der Waals surface area contributed by atoms with Crippen molar-refractivity contribution in [3.05, 3.63) is 108 Å². The van der Waals surface area contributed by atoms with Crippen LogP contribution in [0.2, 0.25) is 0 Å². The van der Waals surface area contributed by atoms with E-state index in [1.54, 1.807) is 48.5 Å². The van der Waals surface area contributed by atoms with Crippen molar-refractivity contribution in [2.75, 3.05) is 30.2 Å². The van der Waals surface area contributed by atoms with Crippen LogP contribution in [-0.2, 0) is 9.59 Å². The predicted octanol–water partition coefficient (Wildman–Crippen LogP) is 6.39. The van der Waals surface area contributed by atoms with Gasteiger partial charge in [-0.1, -0.05) is 42.5 Å². The molecule has 8 nitrogen and oxygen atoms in total. The summed E-state index contributed by atoms with van der Waals surface area (Å²) in [5.41, 5.74) is 2.92. The summed E-state index contributed by atoms with van der Waals surface area (Å²) in [5.74, 6) is 0.0348. The second kappa shape index (κ2) is 13.3. The fraction of sp³-hybridized carbons (Fsp3) is 0.129. The molecule has 0 aliphatic carbocycles. The van der Waals surface area contributed by atoms with Crippen molar-refractivity contribution in [3.63, 3.8) is 0 Å². The van der Waals surface area contributed by atoms with Gasteiger partial charge in [0, 0.05) is 28.9 Å². The molecule has 1 unspecified atom stereocenters. The van der Waals surface area contributed by atoms with Crippen LogP contribution in [0.4, 0.5) is 17.1 Å². The Labute approximate surface area is 237 Å². The molecule has 4 rings (SSSR count). The highest BCUT2D eigenvalue weighted by Crippen LogP contribution is 2.37. The zero-order chi connectivity index (χ0) is 28.5. The summed E-state index contributed by atoms with van der Waals surface area (Å²) in [6, 6.07) is 28.8. The van der Waals surface area contributed by atoms with Gasteiger partial charge in [0.15, 0.2) is 0 Å². The average molecular weight is 556 g/mol. The summed E-state index contributed by atoms with van der Waals surface area (Å²) >= 11 is 1.36. The van der Waals surface area contributed by atoms with Crippen LogP contribution < -0.4 is 25.4 Å². The first-order chi connectivity index (χ1) is 19.4.